The summed E-state index contributed by atoms with van der Waals surface area (Å²) in [7, 11) is 0. The van der Waals surface area contributed by atoms with Crippen molar-refractivity contribution in [1.82, 2.24) is 15.1 Å². The van der Waals surface area contributed by atoms with Crippen LogP contribution in [0.2, 0.25) is 0 Å². The highest BCUT2D eigenvalue weighted by atomic mass is 16.5. The Bertz CT molecular complexity index is 634. The number of aromatic nitrogens is 2. The molecular weight excluding hydrogens is 274 g/mol. The minimum Gasteiger partial charge on any atom is -0.463 e. The average Bonchev–Trinajstić information content (AvgIpc) is 3.01. The lowest BCUT2D eigenvalue weighted by Crippen LogP contribution is -2.33. The highest BCUT2D eigenvalue weighted by Gasteiger charge is 2.06. The second kappa shape index (κ2) is 7.39. The number of hydrogen-bond acceptors (Lipinski definition) is 5. The van der Waals surface area contributed by atoms with E-state index in [0.29, 0.717) is 24.6 Å². The van der Waals surface area contributed by atoms with Gasteiger partial charge in [0.15, 0.2) is 5.76 Å². The highest BCUT2D eigenvalue weighted by Crippen LogP contribution is 2.14. The number of carbonyl (C=O) groups excluding carboxylic acids is 1. The lowest BCUT2D eigenvalue weighted by molar-refractivity contribution is -0.125. The van der Waals surface area contributed by atoms with Crippen LogP contribution in [0.4, 0.5) is 0 Å². The maximum atomic E-state index is 11.7. The zero-order chi connectivity index (χ0) is 15.1. The predicted molar refractivity (Wildman–Crippen MR) is 75.7 cm³/mol. The van der Waals surface area contributed by atoms with Gasteiger partial charge in [0.05, 0.1) is 12.8 Å². The monoisotopic (exact) mass is 291 g/mol. The zero-order valence-corrected chi connectivity index (χ0v) is 11.7. The summed E-state index contributed by atoms with van der Waals surface area (Å²) in [5.74, 6) is 0.371. The molecule has 0 aliphatic rings. The second-order valence-electron chi connectivity index (χ2n) is 4.24. The molecule has 0 unspecified atom stereocenters. The molecule has 1 N–H and O–H groups in total. The first-order chi connectivity index (χ1) is 10.2. The van der Waals surface area contributed by atoms with Crippen LogP contribution in [-0.2, 0) is 16.1 Å². The molecule has 0 atom stereocenters. The molecule has 0 fully saturated rings. The van der Waals surface area contributed by atoms with Gasteiger partial charge in [-0.2, -0.15) is 5.10 Å². The molecule has 0 aliphatic carbocycles. The van der Waals surface area contributed by atoms with Crippen molar-refractivity contribution in [2.75, 3.05) is 19.8 Å². The van der Waals surface area contributed by atoms with Gasteiger partial charge < -0.3 is 14.5 Å². The molecule has 2 rings (SSSR count). The minimum absolute atomic E-state index is 0.0191. The van der Waals surface area contributed by atoms with Crippen LogP contribution in [0, 0.1) is 0 Å². The van der Waals surface area contributed by atoms with Gasteiger partial charge in [-0.3, -0.25) is 9.59 Å². The molecular formula is C14H17N3O4. The van der Waals surface area contributed by atoms with E-state index in [1.54, 1.807) is 24.5 Å². The zero-order valence-electron chi connectivity index (χ0n) is 11.7. The van der Waals surface area contributed by atoms with E-state index in [2.05, 4.69) is 10.4 Å². The van der Waals surface area contributed by atoms with Crippen LogP contribution < -0.4 is 10.9 Å². The Labute approximate surface area is 121 Å². The Balaban J connectivity index is 1.95. The maximum absolute atomic E-state index is 11.7. The van der Waals surface area contributed by atoms with E-state index in [1.165, 1.54) is 10.7 Å². The fourth-order valence-electron chi connectivity index (χ4n) is 1.71. The summed E-state index contributed by atoms with van der Waals surface area (Å²) < 4.78 is 11.5. The van der Waals surface area contributed by atoms with Crippen molar-refractivity contribution >= 4 is 5.91 Å². The predicted octanol–water partition coefficient (Wildman–Crippen LogP) is 0.656. The fourth-order valence-corrected chi connectivity index (χ4v) is 1.71. The number of rotatable bonds is 7. The second-order valence-corrected chi connectivity index (χ2v) is 4.24. The van der Waals surface area contributed by atoms with Gasteiger partial charge in [-0.1, -0.05) is 0 Å². The summed E-state index contributed by atoms with van der Waals surface area (Å²) in [5, 5.41) is 6.86. The maximum Gasteiger partial charge on any atom is 0.266 e. The van der Waals surface area contributed by atoms with Gasteiger partial charge in [-0.15, -0.1) is 0 Å². The average molecular weight is 291 g/mol. The van der Waals surface area contributed by atoms with E-state index in [1.807, 2.05) is 6.92 Å². The van der Waals surface area contributed by atoms with E-state index in [4.69, 9.17) is 9.15 Å². The number of ether oxygens (including phenoxy) is 1. The van der Waals surface area contributed by atoms with Gasteiger partial charge in [-0.25, -0.2) is 4.68 Å². The number of hydrogen-bond donors (Lipinski definition) is 1. The van der Waals surface area contributed by atoms with E-state index >= 15 is 0 Å². The Morgan fingerprint density at radius 3 is 3.00 bits per heavy atom. The first-order valence-corrected chi connectivity index (χ1v) is 6.67. The van der Waals surface area contributed by atoms with E-state index < -0.39 is 0 Å². The third kappa shape index (κ3) is 4.28. The van der Waals surface area contributed by atoms with Crippen LogP contribution in [0.5, 0.6) is 0 Å². The summed E-state index contributed by atoms with van der Waals surface area (Å²) in [5.41, 5.74) is 0.338. The van der Waals surface area contributed by atoms with Crippen LogP contribution in [-0.4, -0.2) is 35.4 Å². The van der Waals surface area contributed by atoms with Crippen molar-refractivity contribution in [2.24, 2.45) is 0 Å². The van der Waals surface area contributed by atoms with Crippen LogP contribution in [0.15, 0.2) is 39.7 Å². The van der Waals surface area contributed by atoms with Crippen LogP contribution in [0.25, 0.3) is 11.5 Å². The molecule has 7 heteroatoms. The summed E-state index contributed by atoms with van der Waals surface area (Å²) in [4.78, 5) is 23.1. The standard InChI is InChI=1S/C14H17N3O4/c1-2-20-10-13(18)15-7-8-17-14(19)6-5-11(16-17)12-4-3-9-21-12/h3-6,9H,2,7-8,10H2,1H3,(H,15,18). The van der Waals surface area contributed by atoms with Crippen molar-refractivity contribution in [3.05, 3.63) is 40.9 Å². The van der Waals surface area contributed by atoms with E-state index in [-0.39, 0.29) is 24.6 Å². The number of amides is 1. The lowest BCUT2D eigenvalue weighted by Gasteiger charge is -2.07. The molecule has 0 aromatic carbocycles. The third-order valence-corrected chi connectivity index (χ3v) is 2.72. The SMILES string of the molecule is CCOCC(=O)NCCn1nc(-c2ccco2)ccc1=O. The molecule has 2 heterocycles. The molecule has 7 nitrogen and oxygen atoms in total. The van der Waals surface area contributed by atoms with Crippen molar-refractivity contribution in [1.29, 1.82) is 0 Å². The van der Waals surface area contributed by atoms with Gasteiger partial charge in [0.25, 0.3) is 5.56 Å². The molecule has 0 saturated carbocycles. The topological polar surface area (TPSA) is 86.4 Å². The summed E-state index contributed by atoms with van der Waals surface area (Å²) in [6.07, 6.45) is 1.54. The van der Waals surface area contributed by atoms with Gasteiger partial charge in [-0.05, 0) is 25.1 Å². The molecule has 0 aliphatic heterocycles. The lowest BCUT2D eigenvalue weighted by atomic mass is 10.3. The van der Waals surface area contributed by atoms with Gasteiger partial charge in [0.1, 0.15) is 12.3 Å². The first kappa shape index (κ1) is 15.0. The summed E-state index contributed by atoms with van der Waals surface area (Å²) in [6.45, 7) is 2.91. The summed E-state index contributed by atoms with van der Waals surface area (Å²) in [6, 6.07) is 6.54. The van der Waals surface area contributed by atoms with E-state index in [9.17, 15) is 9.59 Å². The van der Waals surface area contributed by atoms with Gasteiger partial charge in [0.2, 0.25) is 5.91 Å². The quantitative estimate of drug-likeness (QED) is 0.809. The Kier molecular flexibility index (Phi) is 5.28. The molecule has 0 bridgehead atoms. The Morgan fingerprint density at radius 2 is 2.29 bits per heavy atom. The molecule has 112 valence electrons. The largest absolute Gasteiger partial charge is 0.463 e. The molecule has 0 spiro atoms. The number of furan rings is 1. The van der Waals surface area contributed by atoms with Crippen molar-refractivity contribution in [3.63, 3.8) is 0 Å². The minimum atomic E-state index is -0.232. The van der Waals surface area contributed by atoms with Crippen molar-refractivity contribution in [3.8, 4) is 11.5 Å². The van der Waals surface area contributed by atoms with Gasteiger partial charge in [0, 0.05) is 19.2 Å². The number of nitrogens with one attached hydrogen (secondary N) is 1. The number of nitrogens with zero attached hydrogens (tertiary/aromatic N) is 2. The van der Waals surface area contributed by atoms with Crippen LogP contribution in [0.3, 0.4) is 0 Å². The number of carbonyl (C=O) groups is 1. The molecule has 2 aromatic heterocycles. The van der Waals surface area contributed by atoms with Crippen LogP contribution >= 0.6 is 0 Å². The smallest absolute Gasteiger partial charge is 0.266 e. The molecule has 0 saturated heterocycles. The van der Waals surface area contributed by atoms with Crippen LogP contribution in [0.1, 0.15) is 6.92 Å². The molecule has 0 radical (unpaired) electrons. The Hall–Kier alpha value is -2.41. The Morgan fingerprint density at radius 1 is 1.43 bits per heavy atom. The molecule has 2 aromatic rings. The van der Waals surface area contributed by atoms with Gasteiger partial charge >= 0.3 is 0 Å². The van der Waals surface area contributed by atoms with E-state index in [0.717, 1.165) is 0 Å². The van der Waals surface area contributed by atoms with Crippen molar-refractivity contribution < 1.29 is 13.9 Å². The van der Waals surface area contributed by atoms with Crippen molar-refractivity contribution in [2.45, 2.75) is 13.5 Å². The summed E-state index contributed by atoms with van der Waals surface area (Å²) >= 11 is 0. The fraction of sp³-hybridized carbons (Fsp3) is 0.357. The third-order valence-electron chi connectivity index (χ3n) is 2.72. The normalized spacial score (nSPS) is 10.5. The molecule has 21 heavy (non-hydrogen) atoms. The first-order valence-electron chi connectivity index (χ1n) is 6.67. The highest BCUT2D eigenvalue weighted by molar-refractivity contribution is 5.77. The molecule has 1 amide bonds.